The van der Waals surface area contributed by atoms with Crippen LogP contribution in [0.25, 0.3) is 0 Å². The lowest BCUT2D eigenvalue weighted by Gasteiger charge is -2.23. The third-order valence-electron chi connectivity index (χ3n) is 5.75. The van der Waals surface area contributed by atoms with Gasteiger partial charge in [-0.05, 0) is 54.7 Å². The highest BCUT2D eigenvalue weighted by molar-refractivity contribution is 5.90. The van der Waals surface area contributed by atoms with Crippen molar-refractivity contribution < 1.29 is 19.0 Å². The van der Waals surface area contributed by atoms with Crippen molar-refractivity contribution in [2.45, 2.75) is 52.0 Å². The maximum atomic E-state index is 12.3. The number of ether oxygens (including phenoxy) is 3. The van der Waals surface area contributed by atoms with Gasteiger partial charge in [0.15, 0.2) is 0 Å². The molecule has 0 aromatic heterocycles. The van der Waals surface area contributed by atoms with Gasteiger partial charge in [-0.1, -0.05) is 38.2 Å². The monoisotopic (exact) mass is 411 g/mol. The molecule has 1 saturated carbocycles. The number of nitrogens with one attached hydrogen (secondary N) is 1. The van der Waals surface area contributed by atoms with Gasteiger partial charge >= 0.3 is 5.97 Å². The van der Waals surface area contributed by atoms with E-state index in [2.05, 4.69) is 11.4 Å². The first-order chi connectivity index (χ1) is 14.6. The van der Waals surface area contributed by atoms with Crippen LogP contribution in [0.5, 0.6) is 11.5 Å². The number of rotatable bonds is 9. The summed E-state index contributed by atoms with van der Waals surface area (Å²) in [5.74, 6) is 1.94. The van der Waals surface area contributed by atoms with E-state index in [0.29, 0.717) is 24.6 Å². The lowest BCUT2D eigenvalue weighted by Crippen LogP contribution is -2.13. The van der Waals surface area contributed by atoms with E-state index < -0.39 is 0 Å². The Kier molecular flexibility index (Phi) is 8.00. The molecular weight excluding hydrogens is 378 g/mol. The summed E-state index contributed by atoms with van der Waals surface area (Å²) < 4.78 is 16.0. The van der Waals surface area contributed by atoms with Gasteiger partial charge in [-0.15, -0.1) is 0 Å². The highest BCUT2D eigenvalue weighted by atomic mass is 16.5. The number of hydrogen-bond donors (Lipinski definition) is 1. The molecule has 2 aromatic carbocycles. The molecule has 0 spiro atoms. The molecule has 3 rings (SSSR count). The Hall–Kier alpha value is -2.69. The summed E-state index contributed by atoms with van der Waals surface area (Å²) in [6.45, 7) is 2.80. The van der Waals surface area contributed by atoms with Crippen LogP contribution in [-0.4, -0.2) is 26.8 Å². The number of esters is 1. The van der Waals surface area contributed by atoms with Gasteiger partial charge in [0.2, 0.25) is 0 Å². The number of anilines is 1. The highest BCUT2D eigenvalue weighted by Gasteiger charge is 2.17. The number of benzene rings is 2. The third kappa shape index (κ3) is 5.91. The smallest absolute Gasteiger partial charge is 0.338 e. The second-order valence-electron chi connectivity index (χ2n) is 7.88. The summed E-state index contributed by atoms with van der Waals surface area (Å²) in [7, 11) is 3.30. The van der Waals surface area contributed by atoms with Crippen molar-refractivity contribution in [2.75, 3.05) is 26.1 Å². The van der Waals surface area contributed by atoms with Crippen LogP contribution in [0.4, 0.5) is 5.69 Å². The van der Waals surface area contributed by atoms with E-state index in [1.54, 1.807) is 14.2 Å². The third-order valence-corrected chi connectivity index (χ3v) is 5.75. The van der Waals surface area contributed by atoms with Crippen LogP contribution in [0.3, 0.4) is 0 Å². The molecule has 0 bridgehead atoms. The average Bonchev–Trinajstić information content (AvgIpc) is 2.79. The predicted octanol–water partition coefficient (Wildman–Crippen LogP) is 5.62. The van der Waals surface area contributed by atoms with Crippen molar-refractivity contribution in [1.82, 2.24) is 0 Å². The molecular formula is C25H33NO4. The van der Waals surface area contributed by atoms with Gasteiger partial charge in [0.25, 0.3) is 0 Å². The maximum absolute atomic E-state index is 12.3. The molecule has 30 heavy (non-hydrogen) atoms. The summed E-state index contributed by atoms with van der Waals surface area (Å²) in [6.07, 6.45) is 7.59. The molecule has 1 fully saturated rings. The fraction of sp³-hybridized carbons (Fsp3) is 0.480. The molecule has 2 aromatic rings. The standard InChI is InChI=1S/C25H33NO4/c1-4-30-25(27)21-11-10-20(12-18-8-6-5-7-9-18)24(15-21)26-17-19-13-22(28-2)16-23(14-19)29-3/h10-11,13-16,18,26H,4-9,12,17H2,1-3H3. The zero-order valence-electron chi connectivity index (χ0n) is 18.3. The van der Waals surface area contributed by atoms with E-state index in [-0.39, 0.29) is 5.97 Å². The number of carbonyl (C=O) groups excluding carboxylic acids is 1. The minimum Gasteiger partial charge on any atom is -0.497 e. The zero-order valence-corrected chi connectivity index (χ0v) is 18.3. The van der Waals surface area contributed by atoms with Gasteiger partial charge in [0, 0.05) is 18.3 Å². The summed E-state index contributed by atoms with van der Waals surface area (Å²) in [5, 5.41) is 3.54. The molecule has 5 nitrogen and oxygen atoms in total. The quantitative estimate of drug-likeness (QED) is 0.543. The van der Waals surface area contributed by atoms with E-state index in [1.165, 1.54) is 37.7 Å². The fourth-order valence-corrected chi connectivity index (χ4v) is 4.13. The number of methoxy groups -OCH3 is 2. The second kappa shape index (κ2) is 10.9. The van der Waals surface area contributed by atoms with Crippen molar-refractivity contribution >= 4 is 11.7 Å². The Morgan fingerprint density at radius 1 is 1.00 bits per heavy atom. The van der Waals surface area contributed by atoms with Crippen molar-refractivity contribution in [1.29, 1.82) is 0 Å². The van der Waals surface area contributed by atoms with Gasteiger partial charge in [-0.2, -0.15) is 0 Å². The molecule has 1 aliphatic carbocycles. The summed E-state index contributed by atoms with van der Waals surface area (Å²) in [4.78, 5) is 12.3. The molecule has 0 amide bonds. The zero-order chi connectivity index (χ0) is 21.3. The predicted molar refractivity (Wildman–Crippen MR) is 120 cm³/mol. The van der Waals surface area contributed by atoms with Crippen LogP contribution in [0.1, 0.15) is 60.5 Å². The molecule has 0 saturated heterocycles. The van der Waals surface area contributed by atoms with Crippen molar-refractivity contribution in [2.24, 2.45) is 5.92 Å². The Labute approximate surface area is 179 Å². The van der Waals surface area contributed by atoms with E-state index in [0.717, 1.165) is 29.2 Å². The van der Waals surface area contributed by atoms with Gasteiger partial charge in [0.1, 0.15) is 11.5 Å². The average molecular weight is 412 g/mol. The van der Waals surface area contributed by atoms with Gasteiger partial charge in [0.05, 0.1) is 26.4 Å². The van der Waals surface area contributed by atoms with E-state index in [4.69, 9.17) is 14.2 Å². The first-order valence-electron chi connectivity index (χ1n) is 10.9. The molecule has 0 heterocycles. The second-order valence-corrected chi connectivity index (χ2v) is 7.88. The van der Waals surface area contributed by atoms with Gasteiger partial charge < -0.3 is 19.5 Å². The van der Waals surface area contributed by atoms with Crippen molar-refractivity contribution in [3.05, 3.63) is 53.1 Å². The van der Waals surface area contributed by atoms with Crippen molar-refractivity contribution in [3.8, 4) is 11.5 Å². The molecule has 1 aliphatic rings. The lowest BCUT2D eigenvalue weighted by molar-refractivity contribution is 0.0526. The largest absolute Gasteiger partial charge is 0.497 e. The number of carbonyl (C=O) groups is 1. The fourth-order valence-electron chi connectivity index (χ4n) is 4.13. The van der Waals surface area contributed by atoms with Crippen LogP contribution < -0.4 is 14.8 Å². The summed E-state index contributed by atoms with van der Waals surface area (Å²) in [5.41, 5.74) is 3.88. The molecule has 162 valence electrons. The SMILES string of the molecule is CCOC(=O)c1ccc(CC2CCCCC2)c(NCc2cc(OC)cc(OC)c2)c1. The van der Waals surface area contributed by atoms with E-state index >= 15 is 0 Å². The minimum atomic E-state index is -0.284. The normalized spacial score (nSPS) is 14.2. The Bertz CT molecular complexity index is 821. The topological polar surface area (TPSA) is 56.8 Å². The van der Waals surface area contributed by atoms with Gasteiger partial charge in [-0.25, -0.2) is 4.79 Å². The summed E-state index contributed by atoms with van der Waals surface area (Å²) in [6, 6.07) is 11.7. The first-order valence-corrected chi connectivity index (χ1v) is 10.9. The van der Waals surface area contributed by atoms with Crippen molar-refractivity contribution in [3.63, 3.8) is 0 Å². The number of hydrogen-bond acceptors (Lipinski definition) is 5. The maximum Gasteiger partial charge on any atom is 0.338 e. The van der Waals surface area contributed by atoms with E-state index in [9.17, 15) is 4.79 Å². The Balaban J connectivity index is 1.82. The molecule has 5 heteroatoms. The van der Waals surface area contributed by atoms with Crippen LogP contribution in [0, 0.1) is 5.92 Å². The van der Waals surface area contributed by atoms with Crippen LogP contribution in [0.15, 0.2) is 36.4 Å². The molecule has 0 atom stereocenters. The molecule has 1 N–H and O–H groups in total. The Morgan fingerprint density at radius 2 is 1.70 bits per heavy atom. The molecule has 0 unspecified atom stereocenters. The summed E-state index contributed by atoms with van der Waals surface area (Å²) >= 11 is 0. The Morgan fingerprint density at radius 3 is 2.33 bits per heavy atom. The van der Waals surface area contributed by atoms with Crippen LogP contribution in [0.2, 0.25) is 0 Å². The first kappa shape index (κ1) is 22.0. The minimum absolute atomic E-state index is 0.284. The molecule has 0 radical (unpaired) electrons. The van der Waals surface area contributed by atoms with E-state index in [1.807, 2.05) is 37.3 Å². The molecule has 0 aliphatic heterocycles. The van der Waals surface area contributed by atoms with Crippen LogP contribution >= 0.6 is 0 Å². The van der Waals surface area contributed by atoms with Crippen LogP contribution in [-0.2, 0) is 17.7 Å². The lowest BCUT2D eigenvalue weighted by atomic mass is 9.84. The highest BCUT2D eigenvalue weighted by Crippen LogP contribution is 2.31. The van der Waals surface area contributed by atoms with Gasteiger partial charge in [-0.3, -0.25) is 0 Å².